The quantitative estimate of drug-likeness (QED) is 0.866. The molecule has 1 atom stereocenters. The van der Waals surface area contributed by atoms with Gasteiger partial charge < -0.3 is 5.32 Å². The minimum Gasteiger partial charge on any atom is -0.345 e. The molecule has 18 heavy (non-hydrogen) atoms. The molecular weight excluding hydrogens is 251 g/mol. The van der Waals surface area contributed by atoms with Gasteiger partial charge in [-0.05, 0) is 38.1 Å². The average molecular weight is 264 g/mol. The number of carbonyl (C=O) groups is 1. The molecule has 2 aromatic rings. The molecule has 0 aliphatic carbocycles. The molecule has 1 unspecified atom stereocenters. The van der Waals surface area contributed by atoms with E-state index in [0.717, 1.165) is 4.88 Å². The SMILES string of the molecule is Cc1ccc(C(C)NC(=O)c2cccnc2F)s1. The van der Waals surface area contributed by atoms with Gasteiger partial charge in [0, 0.05) is 16.0 Å². The summed E-state index contributed by atoms with van der Waals surface area (Å²) in [6, 6.07) is 6.77. The zero-order chi connectivity index (χ0) is 13.1. The van der Waals surface area contributed by atoms with Crippen LogP contribution in [0.5, 0.6) is 0 Å². The molecule has 0 spiro atoms. The van der Waals surface area contributed by atoms with Crippen molar-refractivity contribution in [3.8, 4) is 0 Å². The fourth-order valence-corrected chi connectivity index (χ4v) is 2.47. The Morgan fingerprint density at radius 2 is 2.22 bits per heavy atom. The Labute approximate surface area is 109 Å². The van der Waals surface area contributed by atoms with Crippen LogP contribution in [0.2, 0.25) is 0 Å². The summed E-state index contributed by atoms with van der Waals surface area (Å²) >= 11 is 1.61. The first-order valence-electron chi connectivity index (χ1n) is 5.55. The summed E-state index contributed by atoms with van der Waals surface area (Å²) in [5.74, 6) is -1.19. The Kier molecular flexibility index (Phi) is 3.72. The van der Waals surface area contributed by atoms with Crippen LogP contribution in [0.4, 0.5) is 4.39 Å². The first kappa shape index (κ1) is 12.7. The number of hydrogen-bond donors (Lipinski definition) is 1. The third-order valence-corrected chi connectivity index (χ3v) is 3.72. The molecule has 0 saturated carbocycles. The molecule has 1 amide bonds. The number of nitrogens with zero attached hydrogens (tertiary/aromatic N) is 1. The van der Waals surface area contributed by atoms with Crippen molar-refractivity contribution in [2.75, 3.05) is 0 Å². The highest BCUT2D eigenvalue weighted by Crippen LogP contribution is 2.22. The number of hydrogen-bond acceptors (Lipinski definition) is 3. The first-order chi connectivity index (χ1) is 8.58. The van der Waals surface area contributed by atoms with Crippen LogP contribution < -0.4 is 5.32 Å². The van der Waals surface area contributed by atoms with Crippen LogP contribution in [-0.4, -0.2) is 10.9 Å². The van der Waals surface area contributed by atoms with Crippen molar-refractivity contribution in [1.82, 2.24) is 10.3 Å². The number of thiophene rings is 1. The molecule has 5 heteroatoms. The van der Waals surface area contributed by atoms with Gasteiger partial charge in [-0.15, -0.1) is 11.3 Å². The molecule has 0 aromatic carbocycles. The van der Waals surface area contributed by atoms with E-state index in [-0.39, 0.29) is 11.6 Å². The van der Waals surface area contributed by atoms with Gasteiger partial charge in [0.2, 0.25) is 5.95 Å². The van der Waals surface area contributed by atoms with Gasteiger partial charge in [0.15, 0.2) is 0 Å². The van der Waals surface area contributed by atoms with Crippen molar-refractivity contribution in [1.29, 1.82) is 0 Å². The molecule has 0 aliphatic heterocycles. The Bertz CT molecular complexity index is 568. The van der Waals surface area contributed by atoms with Gasteiger partial charge in [-0.3, -0.25) is 4.79 Å². The van der Waals surface area contributed by atoms with Gasteiger partial charge in [-0.25, -0.2) is 4.98 Å². The zero-order valence-electron chi connectivity index (χ0n) is 10.1. The van der Waals surface area contributed by atoms with Crippen molar-refractivity contribution >= 4 is 17.2 Å². The summed E-state index contributed by atoms with van der Waals surface area (Å²) < 4.78 is 13.3. The molecule has 0 saturated heterocycles. The number of rotatable bonds is 3. The molecule has 0 aliphatic rings. The maximum Gasteiger partial charge on any atom is 0.256 e. The van der Waals surface area contributed by atoms with E-state index in [2.05, 4.69) is 10.3 Å². The largest absolute Gasteiger partial charge is 0.345 e. The Hall–Kier alpha value is -1.75. The van der Waals surface area contributed by atoms with E-state index in [1.807, 2.05) is 26.0 Å². The third-order valence-electron chi connectivity index (χ3n) is 2.54. The Morgan fingerprint density at radius 3 is 2.83 bits per heavy atom. The topological polar surface area (TPSA) is 42.0 Å². The van der Waals surface area contributed by atoms with E-state index < -0.39 is 11.9 Å². The summed E-state index contributed by atoms with van der Waals surface area (Å²) in [7, 11) is 0. The van der Waals surface area contributed by atoms with Crippen molar-refractivity contribution in [2.45, 2.75) is 19.9 Å². The first-order valence-corrected chi connectivity index (χ1v) is 6.37. The number of halogens is 1. The molecule has 0 radical (unpaired) electrons. The molecule has 2 heterocycles. The van der Waals surface area contributed by atoms with Gasteiger partial charge in [0.25, 0.3) is 5.91 Å². The van der Waals surface area contributed by atoms with Crippen LogP contribution in [0.15, 0.2) is 30.5 Å². The van der Waals surface area contributed by atoms with E-state index >= 15 is 0 Å². The smallest absolute Gasteiger partial charge is 0.256 e. The van der Waals surface area contributed by atoms with E-state index in [1.54, 1.807) is 11.3 Å². The van der Waals surface area contributed by atoms with Crippen LogP contribution in [0, 0.1) is 12.9 Å². The Balaban J connectivity index is 2.10. The van der Waals surface area contributed by atoms with Crippen LogP contribution in [0.25, 0.3) is 0 Å². The second-order valence-electron chi connectivity index (χ2n) is 3.99. The predicted molar refractivity (Wildman–Crippen MR) is 69.1 cm³/mol. The zero-order valence-corrected chi connectivity index (χ0v) is 10.9. The van der Waals surface area contributed by atoms with Crippen molar-refractivity contribution in [3.63, 3.8) is 0 Å². The summed E-state index contributed by atoms with van der Waals surface area (Å²) in [5, 5.41) is 2.76. The molecular formula is C13H13FN2OS. The normalized spacial score (nSPS) is 12.2. The lowest BCUT2D eigenvalue weighted by Crippen LogP contribution is -2.27. The number of amides is 1. The van der Waals surface area contributed by atoms with Crippen LogP contribution in [-0.2, 0) is 0 Å². The van der Waals surface area contributed by atoms with Gasteiger partial charge in [-0.1, -0.05) is 0 Å². The highest BCUT2D eigenvalue weighted by atomic mass is 32.1. The maximum atomic E-state index is 13.3. The lowest BCUT2D eigenvalue weighted by atomic mass is 10.2. The van der Waals surface area contributed by atoms with Crippen LogP contribution in [0.1, 0.15) is 33.1 Å². The molecule has 2 aromatic heterocycles. The predicted octanol–water partition coefficient (Wildman–Crippen LogP) is 3.08. The number of aromatic nitrogens is 1. The second-order valence-corrected chi connectivity index (χ2v) is 5.30. The van der Waals surface area contributed by atoms with E-state index in [9.17, 15) is 9.18 Å². The Morgan fingerprint density at radius 1 is 1.44 bits per heavy atom. The molecule has 2 rings (SSSR count). The highest BCUT2D eigenvalue weighted by molar-refractivity contribution is 7.12. The summed E-state index contributed by atoms with van der Waals surface area (Å²) in [5.41, 5.74) is -0.0300. The van der Waals surface area contributed by atoms with Crippen LogP contribution >= 0.6 is 11.3 Å². The van der Waals surface area contributed by atoms with Crippen molar-refractivity contribution in [3.05, 3.63) is 51.7 Å². The average Bonchev–Trinajstić information content (AvgIpc) is 2.76. The number of pyridine rings is 1. The molecule has 1 N–H and O–H groups in total. The van der Waals surface area contributed by atoms with E-state index in [1.165, 1.54) is 23.2 Å². The van der Waals surface area contributed by atoms with Gasteiger partial charge in [-0.2, -0.15) is 4.39 Å². The minimum absolute atomic E-state index is 0.0300. The van der Waals surface area contributed by atoms with Crippen molar-refractivity contribution in [2.24, 2.45) is 0 Å². The maximum absolute atomic E-state index is 13.3. The molecule has 94 valence electrons. The van der Waals surface area contributed by atoms with Gasteiger partial charge in [0.05, 0.1) is 11.6 Å². The van der Waals surface area contributed by atoms with E-state index in [0.29, 0.717) is 0 Å². The number of carbonyl (C=O) groups excluding carboxylic acids is 1. The third kappa shape index (κ3) is 2.73. The fourth-order valence-electron chi connectivity index (χ4n) is 1.59. The minimum atomic E-state index is -0.746. The number of nitrogens with one attached hydrogen (secondary N) is 1. The highest BCUT2D eigenvalue weighted by Gasteiger charge is 2.16. The molecule has 0 bridgehead atoms. The number of aryl methyl sites for hydroxylation is 1. The molecule has 0 fully saturated rings. The standard InChI is InChI=1S/C13H13FN2OS/c1-8-5-6-11(18-8)9(2)16-13(17)10-4-3-7-15-12(10)14/h3-7,9H,1-2H3,(H,16,17). The lowest BCUT2D eigenvalue weighted by Gasteiger charge is -2.12. The van der Waals surface area contributed by atoms with Gasteiger partial charge >= 0.3 is 0 Å². The monoisotopic (exact) mass is 264 g/mol. The summed E-state index contributed by atoms with van der Waals surface area (Å²) in [6.45, 7) is 3.88. The summed E-state index contributed by atoms with van der Waals surface area (Å²) in [4.78, 5) is 17.6. The van der Waals surface area contributed by atoms with Crippen LogP contribution in [0.3, 0.4) is 0 Å². The van der Waals surface area contributed by atoms with Crippen molar-refractivity contribution < 1.29 is 9.18 Å². The van der Waals surface area contributed by atoms with Gasteiger partial charge in [0.1, 0.15) is 0 Å². The summed E-state index contributed by atoms with van der Waals surface area (Å²) in [6.07, 6.45) is 1.32. The lowest BCUT2D eigenvalue weighted by molar-refractivity contribution is 0.0935. The fraction of sp³-hybridized carbons (Fsp3) is 0.231. The second kappa shape index (κ2) is 5.27. The van der Waals surface area contributed by atoms with E-state index in [4.69, 9.17) is 0 Å². The molecule has 3 nitrogen and oxygen atoms in total.